The first-order chi connectivity index (χ1) is 6.15. The van der Waals surface area contributed by atoms with Gasteiger partial charge in [0.15, 0.2) is 0 Å². The number of nitrogens with zero attached hydrogens (tertiary/aromatic N) is 1. The van der Waals surface area contributed by atoms with Gasteiger partial charge in [0, 0.05) is 12.1 Å². The van der Waals surface area contributed by atoms with E-state index in [1.54, 1.807) is 4.90 Å². The van der Waals surface area contributed by atoms with Crippen LogP contribution >= 0.6 is 0 Å². The summed E-state index contributed by atoms with van der Waals surface area (Å²) in [5.41, 5.74) is 0. The molecule has 0 aliphatic heterocycles. The van der Waals surface area contributed by atoms with Crippen molar-refractivity contribution >= 4 is 14.4 Å². The summed E-state index contributed by atoms with van der Waals surface area (Å²) in [5, 5.41) is 0. The summed E-state index contributed by atoms with van der Waals surface area (Å²) in [6.07, 6.45) is -0.172. The van der Waals surface area contributed by atoms with Gasteiger partial charge in [0.25, 0.3) is 0 Å². The molecule has 0 aliphatic carbocycles. The zero-order valence-corrected chi connectivity index (χ0v) is 11.4. The number of hydrogen-bond acceptors (Lipinski definition) is 2. The van der Waals surface area contributed by atoms with E-state index in [-0.39, 0.29) is 18.2 Å². The van der Waals surface area contributed by atoms with Crippen molar-refractivity contribution in [3.05, 3.63) is 0 Å². The molecule has 0 spiro atoms. The highest BCUT2D eigenvalue weighted by Crippen LogP contribution is 2.12. The highest BCUT2D eigenvalue weighted by Gasteiger charge is 2.27. The molecule has 14 heavy (non-hydrogen) atoms. The van der Waals surface area contributed by atoms with E-state index in [4.69, 9.17) is 4.43 Å². The van der Waals surface area contributed by atoms with Crippen molar-refractivity contribution < 1.29 is 9.22 Å². The first-order valence-corrected chi connectivity index (χ1v) is 8.57. The van der Waals surface area contributed by atoms with Gasteiger partial charge >= 0.3 is 6.09 Å². The molecule has 0 fully saturated rings. The Bertz CT molecular complexity index is 189. The second-order valence-corrected chi connectivity index (χ2v) is 9.50. The van der Waals surface area contributed by atoms with Gasteiger partial charge in [-0.05, 0) is 47.3 Å². The van der Waals surface area contributed by atoms with Gasteiger partial charge in [-0.3, -0.25) is 0 Å². The first-order valence-electron chi connectivity index (χ1n) is 5.16. The Morgan fingerprint density at radius 3 is 1.64 bits per heavy atom. The summed E-state index contributed by atoms with van der Waals surface area (Å²) in [6.45, 7) is 14.1. The summed E-state index contributed by atoms with van der Waals surface area (Å²) in [6, 6.07) is 0.387. The largest absolute Gasteiger partial charge is 0.504 e. The van der Waals surface area contributed by atoms with E-state index in [1.807, 2.05) is 47.3 Å². The first kappa shape index (κ1) is 13.5. The highest BCUT2D eigenvalue weighted by atomic mass is 28.4. The highest BCUT2D eigenvalue weighted by molar-refractivity contribution is 6.71. The Labute approximate surface area is 88.6 Å². The van der Waals surface area contributed by atoms with E-state index in [1.165, 1.54) is 0 Å². The number of rotatable bonds is 3. The number of carbonyl (C=O) groups excluding carboxylic acids is 1. The molecule has 84 valence electrons. The van der Waals surface area contributed by atoms with Crippen molar-refractivity contribution in [1.82, 2.24) is 4.90 Å². The van der Waals surface area contributed by atoms with Crippen molar-refractivity contribution in [1.29, 1.82) is 0 Å². The number of hydrogen-bond donors (Lipinski definition) is 0. The Kier molecular flexibility index (Phi) is 4.64. The molecule has 0 atom stereocenters. The lowest BCUT2D eigenvalue weighted by Gasteiger charge is -2.32. The minimum absolute atomic E-state index is 0.172. The van der Waals surface area contributed by atoms with E-state index in [2.05, 4.69) is 0 Å². The van der Waals surface area contributed by atoms with Gasteiger partial charge in [0.1, 0.15) is 0 Å². The van der Waals surface area contributed by atoms with Crippen molar-refractivity contribution in [3.63, 3.8) is 0 Å². The van der Waals surface area contributed by atoms with E-state index in [0.29, 0.717) is 0 Å². The molecular formula is C10H23NO2Si. The normalized spacial score (nSPS) is 12.1. The van der Waals surface area contributed by atoms with E-state index in [0.717, 1.165) is 0 Å². The Morgan fingerprint density at radius 1 is 1.07 bits per heavy atom. The number of amides is 1. The molecule has 0 rings (SSSR count). The zero-order valence-electron chi connectivity index (χ0n) is 10.4. The zero-order chi connectivity index (χ0) is 11.5. The van der Waals surface area contributed by atoms with Crippen molar-refractivity contribution in [2.45, 2.75) is 59.4 Å². The molecule has 0 unspecified atom stereocenters. The molecule has 0 aromatic rings. The minimum Gasteiger partial charge on any atom is -0.504 e. The van der Waals surface area contributed by atoms with Crippen LogP contribution in [-0.4, -0.2) is 31.4 Å². The molecular weight excluding hydrogens is 194 g/mol. The van der Waals surface area contributed by atoms with Gasteiger partial charge in [-0.15, -0.1) is 0 Å². The predicted octanol–water partition coefficient (Wildman–Crippen LogP) is 3.08. The van der Waals surface area contributed by atoms with Crippen LogP contribution in [0.2, 0.25) is 19.6 Å². The molecule has 1 amide bonds. The molecule has 0 saturated heterocycles. The fraction of sp³-hybridized carbons (Fsp3) is 0.900. The fourth-order valence-electron chi connectivity index (χ4n) is 1.33. The van der Waals surface area contributed by atoms with Crippen LogP contribution in [0.3, 0.4) is 0 Å². The molecule has 0 radical (unpaired) electrons. The maximum atomic E-state index is 11.8. The quantitative estimate of drug-likeness (QED) is 0.680. The average molecular weight is 217 g/mol. The number of carbonyl (C=O) groups is 1. The summed E-state index contributed by atoms with van der Waals surface area (Å²) in [7, 11) is -1.77. The summed E-state index contributed by atoms with van der Waals surface area (Å²) in [5.74, 6) is 0. The molecule has 3 nitrogen and oxygen atoms in total. The van der Waals surface area contributed by atoms with Crippen molar-refractivity contribution in [3.8, 4) is 0 Å². The predicted molar refractivity (Wildman–Crippen MR) is 61.9 cm³/mol. The summed E-state index contributed by atoms with van der Waals surface area (Å²) >= 11 is 0. The van der Waals surface area contributed by atoms with E-state index >= 15 is 0 Å². The molecule has 0 heterocycles. The van der Waals surface area contributed by atoms with Crippen LogP contribution in [-0.2, 0) is 4.43 Å². The molecule has 0 N–H and O–H groups in total. The van der Waals surface area contributed by atoms with Crippen LogP contribution in [0.1, 0.15) is 27.7 Å². The Hall–Kier alpha value is -0.513. The standard InChI is InChI=1S/C10H23NO2Si/c1-8(2)11(9(3)4)10(12)13-14(5,6)7/h8-9H,1-7H3. The lowest BCUT2D eigenvalue weighted by Crippen LogP contribution is -2.46. The average Bonchev–Trinajstić information content (AvgIpc) is 1.78. The van der Waals surface area contributed by atoms with Crippen LogP contribution < -0.4 is 0 Å². The van der Waals surface area contributed by atoms with Crippen LogP contribution in [0.5, 0.6) is 0 Å². The molecule has 0 saturated carbocycles. The van der Waals surface area contributed by atoms with Gasteiger partial charge in [-0.1, -0.05) is 0 Å². The Morgan fingerprint density at radius 2 is 1.43 bits per heavy atom. The third kappa shape index (κ3) is 4.65. The van der Waals surface area contributed by atoms with Crippen LogP contribution in [0.25, 0.3) is 0 Å². The fourth-order valence-corrected chi connectivity index (χ4v) is 1.96. The van der Waals surface area contributed by atoms with Gasteiger partial charge in [0.2, 0.25) is 8.32 Å². The van der Waals surface area contributed by atoms with E-state index in [9.17, 15) is 4.79 Å². The second kappa shape index (κ2) is 4.82. The van der Waals surface area contributed by atoms with Gasteiger partial charge in [-0.25, -0.2) is 4.79 Å². The maximum absolute atomic E-state index is 11.8. The van der Waals surface area contributed by atoms with Crippen LogP contribution in [0.4, 0.5) is 4.79 Å². The van der Waals surface area contributed by atoms with Gasteiger partial charge in [0.05, 0.1) is 0 Å². The molecule has 0 aromatic carbocycles. The third-order valence-corrected chi connectivity index (χ3v) is 2.50. The summed E-state index contributed by atoms with van der Waals surface area (Å²) in [4.78, 5) is 13.6. The smallest absolute Gasteiger partial charge is 0.396 e. The van der Waals surface area contributed by atoms with Gasteiger partial charge in [-0.2, -0.15) is 0 Å². The van der Waals surface area contributed by atoms with Crippen molar-refractivity contribution in [2.24, 2.45) is 0 Å². The third-order valence-electron chi connectivity index (χ3n) is 1.72. The molecule has 0 aliphatic rings. The lowest BCUT2D eigenvalue weighted by molar-refractivity contribution is 0.121. The molecule has 0 aromatic heterocycles. The van der Waals surface area contributed by atoms with Crippen molar-refractivity contribution in [2.75, 3.05) is 0 Å². The van der Waals surface area contributed by atoms with Crippen LogP contribution in [0.15, 0.2) is 0 Å². The van der Waals surface area contributed by atoms with Gasteiger partial charge < -0.3 is 9.33 Å². The Balaban J connectivity index is 4.47. The van der Waals surface area contributed by atoms with E-state index < -0.39 is 8.32 Å². The molecule has 0 bridgehead atoms. The topological polar surface area (TPSA) is 29.5 Å². The lowest BCUT2D eigenvalue weighted by atomic mass is 10.2. The monoisotopic (exact) mass is 217 g/mol. The maximum Gasteiger partial charge on any atom is 0.396 e. The van der Waals surface area contributed by atoms with Crippen LogP contribution in [0, 0.1) is 0 Å². The second-order valence-electron chi connectivity index (χ2n) is 5.08. The summed E-state index contributed by atoms with van der Waals surface area (Å²) < 4.78 is 5.45. The minimum atomic E-state index is -1.77. The SMILES string of the molecule is CC(C)N(C(=O)O[Si](C)(C)C)C(C)C. The molecule has 4 heteroatoms.